The average Bonchev–Trinajstić information content (AvgIpc) is 3.19. The number of nitrogens with one attached hydrogen (secondary N) is 1. The third kappa shape index (κ3) is 4.00. The fourth-order valence-corrected chi connectivity index (χ4v) is 4.71. The number of carbonyl (C=O) groups is 1. The van der Waals surface area contributed by atoms with Gasteiger partial charge in [0.25, 0.3) is 0 Å². The molecule has 1 atom stereocenters. The van der Waals surface area contributed by atoms with Gasteiger partial charge >= 0.3 is 0 Å². The first kappa shape index (κ1) is 19.5. The van der Waals surface area contributed by atoms with Gasteiger partial charge in [-0.2, -0.15) is 0 Å². The molecule has 1 N–H and O–H groups in total. The lowest BCUT2D eigenvalue weighted by Gasteiger charge is -2.31. The monoisotopic (exact) mass is 411 g/mol. The van der Waals surface area contributed by atoms with Crippen LogP contribution in [0.4, 0.5) is 10.8 Å². The zero-order valence-electron chi connectivity index (χ0n) is 16.9. The summed E-state index contributed by atoms with van der Waals surface area (Å²) < 4.78 is 11.9. The Labute approximate surface area is 174 Å². The van der Waals surface area contributed by atoms with Gasteiger partial charge in [0.15, 0.2) is 16.6 Å². The van der Waals surface area contributed by atoms with Crippen molar-refractivity contribution in [2.45, 2.75) is 19.8 Å². The number of thiazole rings is 1. The van der Waals surface area contributed by atoms with Crippen molar-refractivity contribution >= 4 is 38.3 Å². The second-order valence-electron chi connectivity index (χ2n) is 7.26. The average molecular weight is 412 g/mol. The Morgan fingerprint density at radius 3 is 2.72 bits per heavy atom. The first-order valence-electron chi connectivity index (χ1n) is 9.73. The Kier molecular flexibility index (Phi) is 5.58. The number of methoxy groups -OCH3 is 2. The van der Waals surface area contributed by atoms with Gasteiger partial charge in [0.1, 0.15) is 0 Å². The Balaban J connectivity index is 1.49. The molecule has 0 radical (unpaired) electrons. The van der Waals surface area contributed by atoms with E-state index in [2.05, 4.69) is 16.3 Å². The lowest BCUT2D eigenvalue weighted by atomic mass is 9.97. The molecule has 3 aromatic rings. The molecule has 1 unspecified atom stereocenters. The highest BCUT2D eigenvalue weighted by atomic mass is 32.1. The quantitative estimate of drug-likeness (QED) is 0.671. The van der Waals surface area contributed by atoms with Crippen LogP contribution in [0.3, 0.4) is 0 Å². The minimum absolute atomic E-state index is 0.0335. The zero-order valence-corrected chi connectivity index (χ0v) is 17.7. The number of piperidine rings is 1. The van der Waals surface area contributed by atoms with Crippen LogP contribution in [0.5, 0.6) is 11.5 Å². The molecule has 0 bridgehead atoms. The van der Waals surface area contributed by atoms with Crippen LogP contribution in [0.1, 0.15) is 18.4 Å². The summed E-state index contributed by atoms with van der Waals surface area (Å²) in [7, 11) is 3.20. The molecule has 7 heteroatoms. The van der Waals surface area contributed by atoms with Crippen molar-refractivity contribution in [1.82, 2.24) is 4.98 Å². The number of aromatic nitrogens is 1. The molecule has 0 saturated carbocycles. The van der Waals surface area contributed by atoms with Crippen molar-refractivity contribution in [3.8, 4) is 11.5 Å². The van der Waals surface area contributed by atoms with Gasteiger partial charge in [-0.05, 0) is 43.5 Å². The number of rotatable bonds is 5. The van der Waals surface area contributed by atoms with Crippen LogP contribution in [-0.4, -0.2) is 38.2 Å². The molecule has 1 saturated heterocycles. The van der Waals surface area contributed by atoms with Crippen LogP contribution >= 0.6 is 11.3 Å². The molecule has 1 aliphatic heterocycles. The summed E-state index contributed by atoms with van der Waals surface area (Å²) in [5.41, 5.74) is 2.71. The highest BCUT2D eigenvalue weighted by Gasteiger charge is 2.28. The SMILES string of the molecule is COc1cc(C)c(NC(=O)C2CCCN(c3nc4ccccc4s3)C2)cc1OC. The van der Waals surface area contributed by atoms with Gasteiger partial charge in [0.2, 0.25) is 5.91 Å². The molecule has 6 nitrogen and oxygen atoms in total. The van der Waals surface area contributed by atoms with Crippen LogP contribution in [0, 0.1) is 12.8 Å². The van der Waals surface area contributed by atoms with E-state index in [0.717, 1.165) is 41.3 Å². The summed E-state index contributed by atoms with van der Waals surface area (Å²) in [6.07, 6.45) is 1.85. The number of fused-ring (bicyclic) bond motifs is 1. The minimum atomic E-state index is -0.0803. The molecule has 29 heavy (non-hydrogen) atoms. The van der Waals surface area contributed by atoms with Gasteiger partial charge in [-0.25, -0.2) is 4.98 Å². The lowest BCUT2D eigenvalue weighted by molar-refractivity contribution is -0.120. The molecule has 0 spiro atoms. The topological polar surface area (TPSA) is 63.7 Å². The molecular formula is C22H25N3O3S. The molecule has 0 aliphatic carbocycles. The fraction of sp³-hybridized carbons (Fsp3) is 0.364. The number of benzene rings is 2. The predicted molar refractivity (Wildman–Crippen MR) is 117 cm³/mol. The van der Waals surface area contributed by atoms with E-state index in [0.29, 0.717) is 18.0 Å². The number of hydrogen-bond donors (Lipinski definition) is 1. The molecule has 1 fully saturated rings. The van der Waals surface area contributed by atoms with Crippen molar-refractivity contribution in [2.75, 3.05) is 37.5 Å². The standard InChI is InChI=1S/C22H25N3O3S/c1-14-11-18(27-2)19(28-3)12-17(14)23-21(26)15-7-6-10-25(13-15)22-24-16-8-4-5-9-20(16)29-22/h4-5,8-9,11-12,15H,6-7,10,13H2,1-3H3,(H,23,26). The number of carbonyl (C=O) groups excluding carboxylic acids is 1. The fourth-order valence-electron chi connectivity index (χ4n) is 3.71. The maximum atomic E-state index is 13.0. The van der Waals surface area contributed by atoms with Crippen LogP contribution in [0.2, 0.25) is 0 Å². The van der Waals surface area contributed by atoms with E-state index in [1.165, 1.54) is 4.70 Å². The number of anilines is 2. The minimum Gasteiger partial charge on any atom is -0.493 e. The summed E-state index contributed by atoms with van der Waals surface area (Å²) in [5.74, 6) is 1.21. The molecule has 4 rings (SSSR count). The summed E-state index contributed by atoms with van der Waals surface area (Å²) in [6, 6.07) is 11.8. The van der Waals surface area contributed by atoms with E-state index < -0.39 is 0 Å². The summed E-state index contributed by atoms with van der Waals surface area (Å²) in [4.78, 5) is 20.0. The maximum absolute atomic E-state index is 13.0. The van der Waals surface area contributed by atoms with Crippen molar-refractivity contribution in [1.29, 1.82) is 0 Å². The summed E-state index contributed by atoms with van der Waals surface area (Å²) in [5, 5.41) is 4.08. The second-order valence-corrected chi connectivity index (χ2v) is 8.27. The number of hydrogen-bond acceptors (Lipinski definition) is 6. The molecule has 152 valence electrons. The van der Waals surface area contributed by atoms with Gasteiger partial charge in [-0.1, -0.05) is 23.5 Å². The van der Waals surface area contributed by atoms with Gasteiger partial charge < -0.3 is 19.7 Å². The largest absolute Gasteiger partial charge is 0.493 e. The Morgan fingerprint density at radius 2 is 1.97 bits per heavy atom. The Hall–Kier alpha value is -2.80. The van der Waals surface area contributed by atoms with Gasteiger partial charge in [-0.3, -0.25) is 4.79 Å². The van der Waals surface area contributed by atoms with E-state index in [9.17, 15) is 4.79 Å². The van der Waals surface area contributed by atoms with E-state index in [1.54, 1.807) is 25.6 Å². The number of amides is 1. The van der Waals surface area contributed by atoms with Crippen LogP contribution in [0.15, 0.2) is 36.4 Å². The molecule has 2 aromatic carbocycles. The van der Waals surface area contributed by atoms with Gasteiger partial charge in [0, 0.05) is 24.8 Å². The third-order valence-electron chi connectivity index (χ3n) is 5.33. The molecule has 1 amide bonds. The summed E-state index contributed by atoms with van der Waals surface area (Å²) in [6.45, 7) is 3.56. The van der Waals surface area contributed by atoms with Crippen molar-refractivity contribution in [3.63, 3.8) is 0 Å². The first-order chi connectivity index (χ1) is 14.1. The molecule has 1 aromatic heterocycles. The van der Waals surface area contributed by atoms with Crippen molar-refractivity contribution < 1.29 is 14.3 Å². The van der Waals surface area contributed by atoms with Crippen LogP contribution in [-0.2, 0) is 4.79 Å². The summed E-state index contributed by atoms with van der Waals surface area (Å²) >= 11 is 1.69. The van der Waals surface area contributed by atoms with E-state index in [1.807, 2.05) is 37.3 Å². The Morgan fingerprint density at radius 1 is 1.21 bits per heavy atom. The smallest absolute Gasteiger partial charge is 0.229 e. The highest BCUT2D eigenvalue weighted by Crippen LogP contribution is 2.34. The van der Waals surface area contributed by atoms with Crippen molar-refractivity contribution in [2.24, 2.45) is 5.92 Å². The first-order valence-corrected chi connectivity index (χ1v) is 10.5. The van der Waals surface area contributed by atoms with Gasteiger partial charge in [0.05, 0.1) is 30.4 Å². The highest BCUT2D eigenvalue weighted by molar-refractivity contribution is 7.22. The predicted octanol–water partition coefficient (Wildman–Crippen LogP) is 4.48. The normalized spacial score (nSPS) is 16.7. The Bertz CT molecular complexity index is 1000. The zero-order chi connectivity index (χ0) is 20.4. The molecular weight excluding hydrogens is 386 g/mol. The van der Waals surface area contributed by atoms with Crippen molar-refractivity contribution in [3.05, 3.63) is 42.0 Å². The maximum Gasteiger partial charge on any atom is 0.229 e. The van der Waals surface area contributed by atoms with Gasteiger partial charge in [-0.15, -0.1) is 0 Å². The van der Waals surface area contributed by atoms with E-state index in [-0.39, 0.29) is 11.8 Å². The number of nitrogens with zero attached hydrogens (tertiary/aromatic N) is 2. The van der Waals surface area contributed by atoms with E-state index in [4.69, 9.17) is 14.5 Å². The lowest BCUT2D eigenvalue weighted by Crippen LogP contribution is -2.40. The third-order valence-corrected chi connectivity index (χ3v) is 6.43. The number of aryl methyl sites for hydroxylation is 1. The number of para-hydroxylation sites is 1. The second kappa shape index (κ2) is 8.29. The van der Waals surface area contributed by atoms with Crippen LogP contribution in [0.25, 0.3) is 10.2 Å². The number of ether oxygens (including phenoxy) is 2. The molecule has 2 heterocycles. The van der Waals surface area contributed by atoms with E-state index >= 15 is 0 Å². The molecule has 1 aliphatic rings. The van der Waals surface area contributed by atoms with Crippen LogP contribution < -0.4 is 19.7 Å².